The van der Waals surface area contributed by atoms with Gasteiger partial charge in [-0.05, 0) is 58.4 Å². The first kappa shape index (κ1) is 29.5. The van der Waals surface area contributed by atoms with E-state index in [1.54, 1.807) is 20.8 Å². The van der Waals surface area contributed by atoms with Crippen LogP contribution in [-0.4, -0.2) is 65.0 Å². The SMILES string of the molecule is CCOC(=O)CCCCCCC1C(=O)C(C(=O)OCC)C(=O)N1CCC(C)(O)CCc1ccccc1. The number of carbonyl (C=O) groups excluding carboxylic acids is 4. The van der Waals surface area contributed by atoms with E-state index in [-0.39, 0.29) is 19.1 Å². The highest BCUT2D eigenvalue weighted by atomic mass is 16.5. The summed E-state index contributed by atoms with van der Waals surface area (Å²) in [6.45, 7) is 5.80. The minimum Gasteiger partial charge on any atom is -0.466 e. The Hall–Kier alpha value is -2.74. The third kappa shape index (κ3) is 9.04. The van der Waals surface area contributed by atoms with Crippen molar-refractivity contribution in [3.63, 3.8) is 0 Å². The number of ketones is 1. The van der Waals surface area contributed by atoms with Gasteiger partial charge in [0.2, 0.25) is 5.91 Å². The summed E-state index contributed by atoms with van der Waals surface area (Å²) in [4.78, 5) is 51.4. The normalized spacial score (nSPS) is 19.3. The molecule has 1 aliphatic heterocycles. The van der Waals surface area contributed by atoms with Gasteiger partial charge in [0.15, 0.2) is 11.7 Å². The Morgan fingerprint density at radius 1 is 0.972 bits per heavy atom. The minimum atomic E-state index is -1.42. The van der Waals surface area contributed by atoms with Crippen molar-refractivity contribution < 1.29 is 33.8 Å². The first-order valence-electron chi connectivity index (χ1n) is 13.1. The van der Waals surface area contributed by atoms with Crippen LogP contribution in [0.2, 0.25) is 0 Å². The van der Waals surface area contributed by atoms with Crippen molar-refractivity contribution in [2.24, 2.45) is 5.92 Å². The highest BCUT2D eigenvalue weighted by Crippen LogP contribution is 2.29. The lowest BCUT2D eigenvalue weighted by Crippen LogP contribution is -2.40. The maximum Gasteiger partial charge on any atom is 0.326 e. The van der Waals surface area contributed by atoms with Gasteiger partial charge in [-0.3, -0.25) is 19.2 Å². The second kappa shape index (κ2) is 14.7. The van der Waals surface area contributed by atoms with Crippen LogP contribution in [0.5, 0.6) is 0 Å². The van der Waals surface area contributed by atoms with E-state index in [0.717, 1.165) is 18.4 Å². The molecule has 0 saturated carbocycles. The second-order valence-corrected chi connectivity index (χ2v) is 9.63. The summed E-state index contributed by atoms with van der Waals surface area (Å²) < 4.78 is 9.92. The van der Waals surface area contributed by atoms with E-state index in [4.69, 9.17) is 9.47 Å². The quantitative estimate of drug-likeness (QED) is 0.208. The predicted molar refractivity (Wildman–Crippen MR) is 135 cm³/mol. The molecule has 1 N–H and O–H groups in total. The number of Topliss-reactive ketones (excluding diaryl/α,β-unsaturated/α-hetero) is 1. The molecule has 0 bridgehead atoms. The molecule has 36 heavy (non-hydrogen) atoms. The van der Waals surface area contributed by atoms with E-state index in [0.29, 0.717) is 51.6 Å². The molecule has 1 aliphatic rings. The molecule has 0 radical (unpaired) electrons. The average molecular weight is 504 g/mol. The Morgan fingerprint density at radius 3 is 2.31 bits per heavy atom. The molecule has 0 spiro atoms. The van der Waals surface area contributed by atoms with Gasteiger partial charge in [0, 0.05) is 13.0 Å². The van der Waals surface area contributed by atoms with E-state index in [1.165, 1.54) is 4.90 Å². The number of carbonyl (C=O) groups is 4. The molecule has 1 heterocycles. The van der Waals surface area contributed by atoms with E-state index >= 15 is 0 Å². The molecule has 8 nitrogen and oxygen atoms in total. The number of amides is 1. The molecular formula is C28H41NO7. The van der Waals surface area contributed by atoms with Crippen molar-refractivity contribution in [3.05, 3.63) is 35.9 Å². The summed E-state index contributed by atoms with van der Waals surface area (Å²) in [6.07, 6.45) is 5.30. The molecule has 1 aromatic rings. The summed E-state index contributed by atoms with van der Waals surface area (Å²) in [7, 11) is 0. The largest absolute Gasteiger partial charge is 0.466 e. The van der Waals surface area contributed by atoms with Crippen molar-refractivity contribution in [2.45, 2.75) is 90.2 Å². The zero-order valence-corrected chi connectivity index (χ0v) is 21.9. The third-order valence-corrected chi connectivity index (χ3v) is 6.64. The van der Waals surface area contributed by atoms with Crippen molar-refractivity contribution in [1.29, 1.82) is 0 Å². The van der Waals surface area contributed by atoms with Gasteiger partial charge in [0.1, 0.15) is 0 Å². The van der Waals surface area contributed by atoms with Gasteiger partial charge < -0.3 is 19.5 Å². The van der Waals surface area contributed by atoms with E-state index in [2.05, 4.69) is 0 Å². The fraction of sp³-hybridized carbons (Fsp3) is 0.643. The minimum absolute atomic E-state index is 0.0925. The second-order valence-electron chi connectivity index (χ2n) is 9.63. The molecule has 1 saturated heterocycles. The molecule has 0 aliphatic carbocycles. The molecule has 2 rings (SSSR count). The van der Waals surface area contributed by atoms with Crippen molar-refractivity contribution in [3.8, 4) is 0 Å². The molecule has 200 valence electrons. The number of rotatable bonds is 16. The topological polar surface area (TPSA) is 110 Å². The first-order valence-corrected chi connectivity index (χ1v) is 13.1. The number of hydrogen-bond acceptors (Lipinski definition) is 7. The Kier molecular flexibility index (Phi) is 12.1. The van der Waals surface area contributed by atoms with Crippen LogP contribution in [0.3, 0.4) is 0 Å². The van der Waals surface area contributed by atoms with Gasteiger partial charge in [-0.25, -0.2) is 0 Å². The van der Waals surface area contributed by atoms with Gasteiger partial charge in [0.05, 0.1) is 24.9 Å². The predicted octanol–water partition coefficient (Wildman–Crippen LogP) is 3.62. The van der Waals surface area contributed by atoms with Crippen LogP contribution in [0.25, 0.3) is 0 Å². The third-order valence-electron chi connectivity index (χ3n) is 6.64. The Labute approximate surface area is 214 Å². The smallest absolute Gasteiger partial charge is 0.326 e. The van der Waals surface area contributed by atoms with Crippen molar-refractivity contribution >= 4 is 23.6 Å². The molecule has 8 heteroatoms. The fourth-order valence-electron chi connectivity index (χ4n) is 4.53. The number of nitrogens with zero attached hydrogens (tertiary/aromatic N) is 1. The Balaban J connectivity index is 1.95. The standard InChI is InChI=1S/C28H41NO7/c1-4-35-23(30)16-12-7-6-11-15-22-25(31)24(27(33)36-5-2)26(32)29(22)20-19-28(3,34)18-17-21-13-9-8-10-14-21/h8-10,13-14,22,24,34H,4-7,11-12,15-20H2,1-3H3. The van der Waals surface area contributed by atoms with Gasteiger partial charge in [-0.1, -0.05) is 49.6 Å². The van der Waals surface area contributed by atoms with Crippen LogP contribution in [0.4, 0.5) is 0 Å². The summed E-state index contributed by atoms with van der Waals surface area (Å²) in [6, 6.07) is 9.15. The molecule has 3 unspecified atom stereocenters. The van der Waals surface area contributed by atoms with Crippen LogP contribution in [0.1, 0.15) is 77.7 Å². The average Bonchev–Trinajstić information content (AvgIpc) is 3.08. The number of hydrogen-bond donors (Lipinski definition) is 1. The van der Waals surface area contributed by atoms with E-state index in [1.807, 2.05) is 30.3 Å². The van der Waals surface area contributed by atoms with Crippen LogP contribution in [0.15, 0.2) is 30.3 Å². The highest BCUT2D eigenvalue weighted by molar-refractivity contribution is 6.22. The van der Waals surface area contributed by atoms with Crippen molar-refractivity contribution in [1.82, 2.24) is 4.90 Å². The molecule has 1 fully saturated rings. The summed E-state index contributed by atoms with van der Waals surface area (Å²) in [5.74, 6) is -3.39. The number of likely N-dealkylation sites (tertiary alicyclic amines) is 1. The van der Waals surface area contributed by atoms with Crippen LogP contribution in [-0.2, 0) is 35.1 Å². The van der Waals surface area contributed by atoms with E-state index in [9.17, 15) is 24.3 Å². The maximum absolute atomic E-state index is 13.1. The zero-order chi connectivity index (χ0) is 26.6. The number of aliphatic hydroxyl groups is 1. The lowest BCUT2D eigenvalue weighted by Gasteiger charge is -2.29. The zero-order valence-electron chi connectivity index (χ0n) is 21.9. The van der Waals surface area contributed by atoms with Gasteiger partial charge >= 0.3 is 11.9 Å². The molecular weight excluding hydrogens is 462 g/mol. The number of esters is 2. The lowest BCUT2D eigenvalue weighted by molar-refractivity contribution is -0.154. The summed E-state index contributed by atoms with van der Waals surface area (Å²) in [5, 5.41) is 10.9. The Morgan fingerprint density at radius 2 is 1.64 bits per heavy atom. The van der Waals surface area contributed by atoms with Crippen LogP contribution < -0.4 is 0 Å². The van der Waals surface area contributed by atoms with Gasteiger partial charge in [-0.15, -0.1) is 0 Å². The maximum atomic E-state index is 13.1. The van der Waals surface area contributed by atoms with Crippen molar-refractivity contribution in [2.75, 3.05) is 19.8 Å². The van der Waals surface area contributed by atoms with Crippen LogP contribution >= 0.6 is 0 Å². The van der Waals surface area contributed by atoms with E-state index < -0.39 is 35.2 Å². The highest BCUT2D eigenvalue weighted by Gasteiger charge is 2.51. The number of ether oxygens (including phenoxy) is 2. The van der Waals surface area contributed by atoms with Crippen LogP contribution in [0, 0.1) is 5.92 Å². The fourth-order valence-corrected chi connectivity index (χ4v) is 4.53. The first-order chi connectivity index (χ1) is 17.2. The molecule has 3 atom stereocenters. The molecule has 1 amide bonds. The summed E-state index contributed by atoms with van der Waals surface area (Å²) in [5.41, 5.74) is 0.0900. The molecule has 0 aromatic heterocycles. The van der Waals surface area contributed by atoms with Gasteiger partial charge in [-0.2, -0.15) is 0 Å². The van der Waals surface area contributed by atoms with Gasteiger partial charge in [0.25, 0.3) is 0 Å². The number of benzene rings is 1. The number of aryl methyl sites for hydroxylation is 1. The lowest BCUT2D eigenvalue weighted by atomic mass is 9.93. The monoisotopic (exact) mass is 503 g/mol. The number of unbranched alkanes of at least 4 members (excludes halogenated alkanes) is 3. The summed E-state index contributed by atoms with van der Waals surface area (Å²) >= 11 is 0. The Bertz CT molecular complexity index is 868. The molecule has 1 aromatic carbocycles.